The summed E-state index contributed by atoms with van der Waals surface area (Å²) in [5.74, 6) is -3.61. The molecular weight excluding hydrogens is 436 g/mol. The maximum Gasteiger partial charge on any atom is 0.340 e. The minimum Gasteiger partial charge on any atom is -0.424 e. The molecule has 8 N–H and O–H groups in total. The van der Waals surface area contributed by atoms with Crippen molar-refractivity contribution in [2.45, 2.75) is 61.1 Å². The fourth-order valence-corrected chi connectivity index (χ4v) is 3.48. The van der Waals surface area contributed by atoms with Crippen LogP contribution in [0.5, 0.6) is 0 Å². The molecule has 3 rings (SSSR count). The smallest absolute Gasteiger partial charge is 0.340 e. The highest BCUT2D eigenvalue weighted by atomic mass is 16.8. The van der Waals surface area contributed by atoms with Crippen LogP contribution in [0.15, 0.2) is 30.3 Å². The van der Waals surface area contributed by atoms with Crippen LogP contribution in [0.4, 0.5) is 0 Å². The lowest BCUT2D eigenvalue weighted by Gasteiger charge is -2.48. The Morgan fingerprint density at radius 1 is 0.938 bits per heavy atom. The van der Waals surface area contributed by atoms with Crippen LogP contribution < -0.4 is 0 Å². The molecule has 2 heterocycles. The van der Waals surface area contributed by atoms with Crippen molar-refractivity contribution in [1.82, 2.24) is 0 Å². The molecule has 0 spiro atoms. The third kappa shape index (κ3) is 4.64. The Morgan fingerprint density at radius 2 is 1.59 bits per heavy atom. The number of carbonyl (C=O) groups excluding carboxylic acids is 1. The van der Waals surface area contributed by atoms with Crippen LogP contribution in [0.25, 0.3) is 0 Å². The van der Waals surface area contributed by atoms with Gasteiger partial charge in [-0.15, -0.1) is 0 Å². The maximum absolute atomic E-state index is 12.5. The highest BCUT2D eigenvalue weighted by Crippen LogP contribution is 2.34. The summed E-state index contributed by atoms with van der Waals surface area (Å²) < 4.78 is 20.8. The molecule has 1 aromatic carbocycles. The molecule has 0 aliphatic carbocycles. The van der Waals surface area contributed by atoms with Crippen LogP contribution in [-0.2, 0) is 18.9 Å². The van der Waals surface area contributed by atoms with Crippen molar-refractivity contribution in [1.29, 1.82) is 0 Å². The average molecular weight is 462 g/mol. The van der Waals surface area contributed by atoms with Gasteiger partial charge < -0.3 is 59.8 Å². The first-order valence-corrected chi connectivity index (χ1v) is 9.72. The molecule has 0 saturated carbocycles. The van der Waals surface area contributed by atoms with E-state index in [0.29, 0.717) is 0 Å². The van der Waals surface area contributed by atoms with Crippen LogP contribution >= 0.6 is 0 Å². The predicted octanol–water partition coefficient (Wildman–Crippen LogP) is -4.21. The van der Waals surface area contributed by atoms with Crippen LogP contribution in [-0.4, -0.2) is 121 Å². The normalized spacial score (nSPS) is 42.4. The van der Waals surface area contributed by atoms with E-state index in [1.807, 2.05) is 0 Å². The molecule has 0 radical (unpaired) electrons. The van der Waals surface area contributed by atoms with Gasteiger partial charge in [0.1, 0.15) is 43.2 Å². The molecule has 10 atom stereocenters. The van der Waals surface area contributed by atoms with Crippen molar-refractivity contribution in [2.24, 2.45) is 0 Å². The summed E-state index contributed by atoms with van der Waals surface area (Å²) in [4.78, 5) is 12.5. The zero-order chi connectivity index (χ0) is 23.6. The number of carbonyl (C=O) groups is 1. The molecule has 0 bridgehead atoms. The van der Waals surface area contributed by atoms with Gasteiger partial charge in [0, 0.05) is 0 Å². The van der Waals surface area contributed by atoms with Gasteiger partial charge >= 0.3 is 5.97 Å². The molecule has 0 unspecified atom stereocenters. The number of ether oxygens (including phenoxy) is 4. The van der Waals surface area contributed by atoms with Gasteiger partial charge in [-0.05, 0) is 12.1 Å². The van der Waals surface area contributed by atoms with Crippen molar-refractivity contribution >= 4 is 5.97 Å². The SMILES string of the molecule is O=C(O[C@@]1(CO)O[C@H](O[C@H]2[C@H](O)[C@@H](O)[C@H](O)O[C@@H]2CO)[C@H](O)[C@H](O)[C@H]1O)c1ccccc1. The summed E-state index contributed by atoms with van der Waals surface area (Å²) in [6, 6.07) is 7.47. The van der Waals surface area contributed by atoms with Gasteiger partial charge in [-0.25, -0.2) is 4.79 Å². The van der Waals surface area contributed by atoms with Crippen LogP contribution in [0, 0.1) is 0 Å². The van der Waals surface area contributed by atoms with Gasteiger partial charge in [-0.2, -0.15) is 0 Å². The largest absolute Gasteiger partial charge is 0.424 e. The highest BCUT2D eigenvalue weighted by Gasteiger charge is 2.58. The number of esters is 1. The van der Waals surface area contributed by atoms with E-state index in [-0.39, 0.29) is 5.56 Å². The van der Waals surface area contributed by atoms with Gasteiger partial charge in [0.15, 0.2) is 18.7 Å². The zero-order valence-corrected chi connectivity index (χ0v) is 16.6. The molecule has 13 nitrogen and oxygen atoms in total. The number of aliphatic hydroxyl groups excluding tert-OH is 8. The predicted molar refractivity (Wildman–Crippen MR) is 99.4 cm³/mol. The first-order chi connectivity index (χ1) is 15.1. The van der Waals surface area contributed by atoms with Gasteiger partial charge in [0.25, 0.3) is 5.79 Å². The summed E-state index contributed by atoms with van der Waals surface area (Å²) in [6.45, 7) is -1.95. The van der Waals surface area contributed by atoms with Gasteiger partial charge in [-0.3, -0.25) is 0 Å². The van der Waals surface area contributed by atoms with E-state index in [0.717, 1.165) is 0 Å². The summed E-state index contributed by atoms with van der Waals surface area (Å²) in [7, 11) is 0. The molecule has 2 fully saturated rings. The Morgan fingerprint density at radius 3 is 2.19 bits per heavy atom. The van der Waals surface area contributed by atoms with Crippen LogP contribution in [0.2, 0.25) is 0 Å². The monoisotopic (exact) mass is 462 g/mol. The summed E-state index contributed by atoms with van der Waals surface area (Å²) in [6.07, 6.45) is -16.6. The molecule has 2 aliphatic heterocycles. The Hall–Kier alpha value is -1.75. The molecule has 2 saturated heterocycles. The lowest BCUT2D eigenvalue weighted by molar-refractivity contribution is -0.413. The Bertz CT molecular complexity index is 761. The Balaban J connectivity index is 1.84. The summed E-state index contributed by atoms with van der Waals surface area (Å²) >= 11 is 0. The van der Waals surface area contributed by atoms with Crippen molar-refractivity contribution in [3.8, 4) is 0 Å². The number of hydrogen-bond donors (Lipinski definition) is 8. The Labute approximate surface area is 181 Å². The van der Waals surface area contributed by atoms with Crippen molar-refractivity contribution in [2.75, 3.05) is 13.2 Å². The molecule has 0 amide bonds. The highest BCUT2D eigenvalue weighted by molar-refractivity contribution is 5.89. The maximum atomic E-state index is 12.5. The van der Waals surface area contributed by atoms with E-state index in [9.17, 15) is 45.6 Å². The number of hydrogen-bond acceptors (Lipinski definition) is 13. The quantitative estimate of drug-likeness (QED) is 0.188. The van der Waals surface area contributed by atoms with E-state index in [2.05, 4.69) is 0 Å². The standard InChI is InChI=1S/C19H26O13/c20-6-9-14(10(22)12(24)17(28)29-9)30-18-13(25)11(23)15(26)19(7-21,32-18)31-16(27)8-4-2-1-3-5-8/h1-5,9-15,17-18,20-26,28H,6-7H2/t9-,10-,11+,12-,13-,14-,15-,17-,18+,19+/m1/s1. The number of rotatable bonds is 6. The van der Waals surface area contributed by atoms with Crippen molar-refractivity contribution < 1.29 is 64.6 Å². The average Bonchev–Trinajstić information content (AvgIpc) is 2.81. The minimum absolute atomic E-state index is 0.0303. The van der Waals surface area contributed by atoms with E-state index in [1.165, 1.54) is 24.3 Å². The first kappa shape index (κ1) is 24.9. The fraction of sp³-hybridized carbons (Fsp3) is 0.632. The molecule has 2 aliphatic rings. The van der Waals surface area contributed by atoms with E-state index in [1.54, 1.807) is 6.07 Å². The lowest BCUT2D eigenvalue weighted by atomic mass is 9.95. The molecule has 0 aromatic heterocycles. The number of benzene rings is 1. The second-order valence-electron chi connectivity index (χ2n) is 7.47. The molecule has 180 valence electrons. The second-order valence-corrected chi connectivity index (χ2v) is 7.47. The van der Waals surface area contributed by atoms with Gasteiger partial charge in [0.05, 0.1) is 12.2 Å². The zero-order valence-electron chi connectivity index (χ0n) is 16.6. The van der Waals surface area contributed by atoms with Crippen LogP contribution in [0.1, 0.15) is 10.4 Å². The lowest BCUT2D eigenvalue weighted by Crippen LogP contribution is -2.69. The third-order valence-electron chi connectivity index (χ3n) is 5.34. The molecule has 32 heavy (non-hydrogen) atoms. The molecule has 1 aromatic rings. The van der Waals surface area contributed by atoms with Gasteiger partial charge in [-0.1, -0.05) is 18.2 Å². The molecule has 13 heteroatoms. The second kappa shape index (κ2) is 10.0. The summed E-state index contributed by atoms with van der Waals surface area (Å²) in [5, 5.41) is 79.9. The number of aliphatic hydroxyl groups is 8. The third-order valence-corrected chi connectivity index (χ3v) is 5.34. The molecular formula is C19H26O13. The van der Waals surface area contributed by atoms with Gasteiger partial charge in [0.2, 0.25) is 0 Å². The Kier molecular flexibility index (Phi) is 7.80. The van der Waals surface area contributed by atoms with Crippen molar-refractivity contribution in [3.05, 3.63) is 35.9 Å². The minimum atomic E-state index is -2.58. The first-order valence-electron chi connectivity index (χ1n) is 9.72. The fourth-order valence-electron chi connectivity index (χ4n) is 3.48. The van der Waals surface area contributed by atoms with E-state index < -0.39 is 80.3 Å². The van der Waals surface area contributed by atoms with E-state index >= 15 is 0 Å². The topological polar surface area (TPSA) is 216 Å². The van der Waals surface area contributed by atoms with Crippen LogP contribution in [0.3, 0.4) is 0 Å². The van der Waals surface area contributed by atoms with E-state index in [4.69, 9.17) is 18.9 Å². The van der Waals surface area contributed by atoms with Crippen molar-refractivity contribution in [3.63, 3.8) is 0 Å². The summed E-state index contributed by atoms with van der Waals surface area (Å²) in [5.41, 5.74) is 0.0303.